The highest BCUT2D eigenvalue weighted by atomic mass is 19.1. The van der Waals surface area contributed by atoms with Gasteiger partial charge < -0.3 is 10.1 Å². The molecule has 4 heteroatoms. The van der Waals surface area contributed by atoms with Crippen LogP contribution in [0.1, 0.15) is 35.7 Å². The lowest BCUT2D eigenvalue weighted by atomic mass is 10.1. The number of aryl methyl sites for hydroxylation is 1. The maximum atomic E-state index is 13.6. The van der Waals surface area contributed by atoms with Gasteiger partial charge in [-0.1, -0.05) is 19.4 Å². The first-order valence-electron chi connectivity index (χ1n) is 6.14. The molecule has 0 spiro atoms. The van der Waals surface area contributed by atoms with Gasteiger partial charge in [-0.05, 0) is 31.0 Å². The van der Waals surface area contributed by atoms with Gasteiger partial charge in [0.05, 0.1) is 18.2 Å². The molecule has 0 aliphatic heterocycles. The van der Waals surface area contributed by atoms with E-state index in [1.54, 1.807) is 20.1 Å². The molecule has 0 aromatic heterocycles. The van der Waals surface area contributed by atoms with Crippen molar-refractivity contribution < 1.29 is 13.9 Å². The summed E-state index contributed by atoms with van der Waals surface area (Å²) < 4.78 is 18.7. The van der Waals surface area contributed by atoms with Crippen LogP contribution < -0.4 is 5.32 Å². The average molecular weight is 253 g/mol. The molecular formula is C14H20FNO2. The van der Waals surface area contributed by atoms with E-state index in [-0.39, 0.29) is 17.5 Å². The number of hydrogen-bond acceptors (Lipinski definition) is 2. The minimum Gasteiger partial charge on any atom is -0.383 e. The van der Waals surface area contributed by atoms with Gasteiger partial charge in [0, 0.05) is 7.11 Å². The molecule has 1 rings (SSSR count). The van der Waals surface area contributed by atoms with Gasteiger partial charge in [0.25, 0.3) is 5.91 Å². The number of hydrogen-bond donors (Lipinski definition) is 1. The second-order valence-electron chi connectivity index (χ2n) is 4.40. The minimum atomic E-state index is -0.486. The van der Waals surface area contributed by atoms with Crippen LogP contribution >= 0.6 is 0 Å². The van der Waals surface area contributed by atoms with Crippen LogP contribution in [0.25, 0.3) is 0 Å². The van der Waals surface area contributed by atoms with Crippen molar-refractivity contribution in [3.8, 4) is 0 Å². The van der Waals surface area contributed by atoms with E-state index in [1.165, 1.54) is 12.1 Å². The zero-order chi connectivity index (χ0) is 13.5. The number of nitrogens with one attached hydrogen (secondary N) is 1. The third-order valence-corrected chi connectivity index (χ3v) is 2.71. The Morgan fingerprint density at radius 3 is 2.78 bits per heavy atom. The fourth-order valence-corrected chi connectivity index (χ4v) is 1.81. The van der Waals surface area contributed by atoms with Gasteiger partial charge in [-0.2, -0.15) is 0 Å². The monoisotopic (exact) mass is 253 g/mol. The zero-order valence-electron chi connectivity index (χ0n) is 11.1. The van der Waals surface area contributed by atoms with Crippen LogP contribution in [-0.2, 0) is 4.74 Å². The summed E-state index contributed by atoms with van der Waals surface area (Å²) in [5, 5.41) is 2.79. The van der Waals surface area contributed by atoms with Crippen molar-refractivity contribution >= 4 is 5.91 Å². The number of amides is 1. The Kier molecular flexibility index (Phi) is 5.78. The van der Waals surface area contributed by atoms with E-state index < -0.39 is 5.82 Å². The van der Waals surface area contributed by atoms with Crippen LogP contribution in [0.5, 0.6) is 0 Å². The molecule has 1 N–H and O–H groups in total. The fraction of sp³-hybridized carbons (Fsp3) is 0.500. The smallest absolute Gasteiger partial charge is 0.254 e. The van der Waals surface area contributed by atoms with Crippen LogP contribution in [0.2, 0.25) is 0 Å². The number of ether oxygens (including phenoxy) is 1. The molecule has 0 aliphatic carbocycles. The molecule has 0 fully saturated rings. The van der Waals surface area contributed by atoms with Crippen LogP contribution in [0.4, 0.5) is 4.39 Å². The molecular weight excluding hydrogens is 233 g/mol. The molecule has 1 unspecified atom stereocenters. The SMILES string of the molecule is CCCC(COC)NC(=O)c1ccc(C)cc1F. The summed E-state index contributed by atoms with van der Waals surface area (Å²) in [4.78, 5) is 11.9. The second-order valence-corrected chi connectivity index (χ2v) is 4.40. The number of benzene rings is 1. The summed E-state index contributed by atoms with van der Waals surface area (Å²) in [5.41, 5.74) is 0.879. The predicted octanol–water partition coefficient (Wildman–Crippen LogP) is 2.68. The fourth-order valence-electron chi connectivity index (χ4n) is 1.81. The number of carbonyl (C=O) groups is 1. The molecule has 0 aliphatic rings. The Labute approximate surface area is 107 Å². The first-order valence-corrected chi connectivity index (χ1v) is 6.14. The zero-order valence-corrected chi connectivity index (χ0v) is 11.1. The van der Waals surface area contributed by atoms with Crippen molar-refractivity contribution in [3.05, 3.63) is 35.1 Å². The van der Waals surface area contributed by atoms with Crippen LogP contribution in [0.3, 0.4) is 0 Å². The summed E-state index contributed by atoms with van der Waals surface area (Å²) in [7, 11) is 1.58. The van der Waals surface area contributed by atoms with E-state index in [1.807, 2.05) is 6.92 Å². The van der Waals surface area contributed by atoms with Crippen LogP contribution in [0.15, 0.2) is 18.2 Å². The van der Waals surface area contributed by atoms with Crippen molar-refractivity contribution in [2.24, 2.45) is 0 Å². The van der Waals surface area contributed by atoms with E-state index in [4.69, 9.17) is 4.74 Å². The second kappa shape index (κ2) is 7.11. The molecule has 1 aromatic rings. The molecule has 0 radical (unpaired) electrons. The molecule has 0 saturated heterocycles. The highest BCUT2D eigenvalue weighted by molar-refractivity contribution is 5.94. The standard InChI is InChI=1S/C14H20FNO2/c1-4-5-11(9-18-3)16-14(17)12-7-6-10(2)8-13(12)15/h6-8,11H,4-5,9H2,1-3H3,(H,16,17). The highest BCUT2D eigenvalue weighted by Gasteiger charge is 2.16. The first kappa shape index (κ1) is 14.6. The van der Waals surface area contributed by atoms with Gasteiger partial charge in [-0.25, -0.2) is 4.39 Å². The Bertz CT molecular complexity index is 401. The third-order valence-electron chi connectivity index (χ3n) is 2.71. The molecule has 1 amide bonds. The van der Waals surface area contributed by atoms with E-state index >= 15 is 0 Å². The molecule has 0 bridgehead atoms. The van der Waals surface area contributed by atoms with Crippen molar-refractivity contribution in [1.82, 2.24) is 5.32 Å². The number of rotatable bonds is 6. The van der Waals surface area contributed by atoms with Gasteiger partial charge in [-0.15, -0.1) is 0 Å². The third kappa shape index (κ3) is 4.11. The molecule has 0 heterocycles. The lowest BCUT2D eigenvalue weighted by molar-refractivity contribution is 0.0887. The number of methoxy groups -OCH3 is 1. The lowest BCUT2D eigenvalue weighted by Crippen LogP contribution is -2.38. The summed E-state index contributed by atoms with van der Waals surface area (Å²) >= 11 is 0. The lowest BCUT2D eigenvalue weighted by Gasteiger charge is -2.17. The topological polar surface area (TPSA) is 38.3 Å². The van der Waals surface area contributed by atoms with Crippen LogP contribution in [-0.4, -0.2) is 25.7 Å². The normalized spacial score (nSPS) is 12.2. The van der Waals surface area contributed by atoms with Gasteiger partial charge in [0.1, 0.15) is 5.82 Å². The molecule has 100 valence electrons. The summed E-state index contributed by atoms with van der Waals surface area (Å²) in [6, 6.07) is 4.52. The van der Waals surface area contributed by atoms with Gasteiger partial charge in [0.15, 0.2) is 0 Å². The van der Waals surface area contributed by atoms with E-state index in [0.29, 0.717) is 6.61 Å². The quantitative estimate of drug-likeness (QED) is 0.846. The maximum absolute atomic E-state index is 13.6. The van der Waals surface area contributed by atoms with Gasteiger partial charge in [-0.3, -0.25) is 4.79 Å². The number of carbonyl (C=O) groups excluding carboxylic acids is 1. The Balaban J connectivity index is 2.73. The average Bonchev–Trinajstić information content (AvgIpc) is 2.29. The predicted molar refractivity (Wildman–Crippen MR) is 69.2 cm³/mol. The van der Waals surface area contributed by atoms with E-state index in [2.05, 4.69) is 5.32 Å². The number of halogens is 1. The molecule has 1 aromatic carbocycles. The maximum Gasteiger partial charge on any atom is 0.254 e. The van der Waals surface area contributed by atoms with E-state index in [9.17, 15) is 9.18 Å². The van der Waals surface area contributed by atoms with E-state index in [0.717, 1.165) is 18.4 Å². The highest BCUT2D eigenvalue weighted by Crippen LogP contribution is 2.10. The van der Waals surface area contributed by atoms with Crippen molar-refractivity contribution in [2.45, 2.75) is 32.7 Å². The molecule has 3 nitrogen and oxygen atoms in total. The largest absolute Gasteiger partial charge is 0.383 e. The first-order chi connectivity index (χ1) is 8.58. The molecule has 18 heavy (non-hydrogen) atoms. The Morgan fingerprint density at radius 2 is 2.22 bits per heavy atom. The molecule has 1 atom stereocenters. The molecule has 0 saturated carbocycles. The van der Waals surface area contributed by atoms with Crippen molar-refractivity contribution in [1.29, 1.82) is 0 Å². The summed E-state index contributed by atoms with van der Waals surface area (Å²) in [6.07, 6.45) is 1.75. The van der Waals surface area contributed by atoms with Gasteiger partial charge in [0.2, 0.25) is 0 Å². The van der Waals surface area contributed by atoms with Crippen molar-refractivity contribution in [3.63, 3.8) is 0 Å². The van der Waals surface area contributed by atoms with Crippen LogP contribution in [0, 0.1) is 12.7 Å². The summed E-state index contributed by atoms with van der Waals surface area (Å²) in [6.45, 7) is 4.25. The Morgan fingerprint density at radius 1 is 1.50 bits per heavy atom. The Hall–Kier alpha value is -1.42. The summed E-state index contributed by atoms with van der Waals surface area (Å²) in [5.74, 6) is -0.872. The van der Waals surface area contributed by atoms with Crippen molar-refractivity contribution in [2.75, 3.05) is 13.7 Å². The van der Waals surface area contributed by atoms with Gasteiger partial charge >= 0.3 is 0 Å². The minimum absolute atomic E-state index is 0.0757.